The first-order valence-corrected chi connectivity index (χ1v) is 5.81. The van der Waals surface area contributed by atoms with Crippen molar-refractivity contribution in [3.05, 3.63) is 42.1 Å². The van der Waals surface area contributed by atoms with Crippen LogP contribution >= 0.6 is 0 Å². The van der Waals surface area contributed by atoms with Crippen LogP contribution in [0.15, 0.2) is 36.4 Å². The van der Waals surface area contributed by atoms with Gasteiger partial charge in [0.1, 0.15) is 5.82 Å². The topological polar surface area (TPSA) is 56.7 Å². The fourth-order valence-corrected chi connectivity index (χ4v) is 2.01. The molecule has 1 aromatic carbocycles. The SMILES string of the molecule is Cc1ccc2cc(-c3cc(N)n(C)n3)ccc2n1. The lowest BCUT2D eigenvalue weighted by Gasteiger charge is -2.01. The Kier molecular flexibility index (Phi) is 2.30. The van der Waals surface area contributed by atoms with Crippen LogP contribution in [0.5, 0.6) is 0 Å². The summed E-state index contributed by atoms with van der Waals surface area (Å²) in [6, 6.07) is 12.1. The summed E-state index contributed by atoms with van der Waals surface area (Å²) in [6.07, 6.45) is 0. The summed E-state index contributed by atoms with van der Waals surface area (Å²) in [5, 5.41) is 5.49. The van der Waals surface area contributed by atoms with E-state index in [0.29, 0.717) is 5.82 Å². The summed E-state index contributed by atoms with van der Waals surface area (Å²) >= 11 is 0. The maximum Gasteiger partial charge on any atom is 0.121 e. The van der Waals surface area contributed by atoms with Gasteiger partial charge in [-0.25, -0.2) is 0 Å². The van der Waals surface area contributed by atoms with Crippen LogP contribution in [-0.4, -0.2) is 14.8 Å². The van der Waals surface area contributed by atoms with Crippen LogP contribution in [0.3, 0.4) is 0 Å². The third-order valence-corrected chi connectivity index (χ3v) is 3.04. The molecule has 2 N–H and O–H groups in total. The number of benzene rings is 1. The van der Waals surface area contributed by atoms with Gasteiger partial charge in [0.2, 0.25) is 0 Å². The molecule has 0 saturated carbocycles. The van der Waals surface area contributed by atoms with Gasteiger partial charge in [0.25, 0.3) is 0 Å². The molecule has 0 radical (unpaired) electrons. The smallest absolute Gasteiger partial charge is 0.121 e. The van der Waals surface area contributed by atoms with Crippen LogP contribution in [-0.2, 0) is 7.05 Å². The Labute approximate surface area is 105 Å². The molecule has 4 heteroatoms. The highest BCUT2D eigenvalue weighted by molar-refractivity contribution is 5.84. The third kappa shape index (κ3) is 1.72. The van der Waals surface area contributed by atoms with Gasteiger partial charge < -0.3 is 5.73 Å². The van der Waals surface area contributed by atoms with E-state index in [-0.39, 0.29) is 0 Å². The fraction of sp³-hybridized carbons (Fsp3) is 0.143. The van der Waals surface area contributed by atoms with E-state index in [2.05, 4.69) is 22.2 Å². The van der Waals surface area contributed by atoms with Gasteiger partial charge in [0, 0.05) is 29.8 Å². The summed E-state index contributed by atoms with van der Waals surface area (Å²) in [5.41, 5.74) is 9.77. The number of pyridine rings is 1. The molecule has 0 aliphatic heterocycles. The number of nitrogens with two attached hydrogens (primary N) is 1. The maximum absolute atomic E-state index is 5.80. The molecular formula is C14H14N4. The standard InChI is InChI=1S/C14H14N4/c1-9-3-4-10-7-11(5-6-12(10)16-9)13-8-14(15)18(2)17-13/h3-8H,15H2,1-2H3. The van der Waals surface area contributed by atoms with Gasteiger partial charge >= 0.3 is 0 Å². The largest absolute Gasteiger partial charge is 0.384 e. The molecule has 0 aliphatic carbocycles. The molecule has 3 aromatic rings. The number of anilines is 1. The van der Waals surface area contributed by atoms with Gasteiger partial charge in [-0.3, -0.25) is 9.67 Å². The van der Waals surface area contributed by atoms with E-state index in [4.69, 9.17) is 5.73 Å². The Morgan fingerprint density at radius 3 is 2.67 bits per heavy atom. The van der Waals surface area contributed by atoms with Crippen LogP contribution in [0.4, 0.5) is 5.82 Å². The Morgan fingerprint density at radius 2 is 1.94 bits per heavy atom. The van der Waals surface area contributed by atoms with Crippen LogP contribution in [0.25, 0.3) is 22.2 Å². The number of hydrogen-bond donors (Lipinski definition) is 1. The number of nitrogen functional groups attached to an aromatic ring is 1. The first-order valence-electron chi connectivity index (χ1n) is 5.81. The highest BCUT2D eigenvalue weighted by Gasteiger charge is 2.06. The minimum Gasteiger partial charge on any atom is -0.384 e. The molecule has 2 aromatic heterocycles. The lowest BCUT2D eigenvalue weighted by Crippen LogP contribution is -1.96. The van der Waals surface area contributed by atoms with Crippen molar-refractivity contribution in [3.8, 4) is 11.3 Å². The van der Waals surface area contributed by atoms with Gasteiger partial charge in [-0.15, -0.1) is 0 Å². The lowest BCUT2D eigenvalue weighted by atomic mass is 10.1. The predicted octanol–water partition coefficient (Wildman–Crippen LogP) is 2.53. The molecule has 18 heavy (non-hydrogen) atoms. The predicted molar refractivity (Wildman–Crippen MR) is 73.1 cm³/mol. The molecule has 4 nitrogen and oxygen atoms in total. The van der Waals surface area contributed by atoms with Crippen molar-refractivity contribution in [1.29, 1.82) is 0 Å². The Morgan fingerprint density at radius 1 is 1.11 bits per heavy atom. The Bertz CT molecular complexity index is 708. The van der Waals surface area contributed by atoms with Crippen molar-refractivity contribution in [2.24, 2.45) is 7.05 Å². The first-order chi connectivity index (χ1) is 8.63. The van der Waals surface area contributed by atoms with Crippen molar-refractivity contribution >= 4 is 16.7 Å². The van der Waals surface area contributed by atoms with Gasteiger partial charge in [0.05, 0.1) is 11.2 Å². The highest BCUT2D eigenvalue weighted by Crippen LogP contribution is 2.24. The molecule has 90 valence electrons. The molecule has 0 bridgehead atoms. The van der Waals surface area contributed by atoms with E-state index in [1.165, 1.54) is 0 Å². The van der Waals surface area contributed by atoms with E-state index in [1.807, 2.05) is 38.2 Å². The molecule has 0 fully saturated rings. The van der Waals surface area contributed by atoms with E-state index in [0.717, 1.165) is 27.9 Å². The second-order valence-electron chi connectivity index (χ2n) is 4.44. The van der Waals surface area contributed by atoms with Crippen molar-refractivity contribution in [3.63, 3.8) is 0 Å². The zero-order valence-corrected chi connectivity index (χ0v) is 10.4. The molecule has 2 heterocycles. The average Bonchev–Trinajstić information content (AvgIpc) is 2.69. The highest BCUT2D eigenvalue weighted by atomic mass is 15.3. The fourth-order valence-electron chi connectivity index (χ4n) is 2.01. The minimum atomic E-state index is 0.659. The molecule has 0 spiro atoms. The number of fused-ring (bicyclic) bond motifs is 1. The molecule has 0 aliphatic rings. The zero-order valence-electron chi connectivity index (χ0n) is 10.4. The van der Waals surface area contributed by atoms with E-state index in [1.54, 1.807) is 4.68 Å². The monoisotopic (exact) mass is 238 g/mol. The third-order valence-electron chi connectivity index (χ3n) is 3.04. The zero-order chi connectivity index (χ0) is 12.7. The first kappa shape index (κ1) is 10.8. The quantitative estimate of drug-likeness (QED) is 0.708. The lowest BCUT2D eigenvalue weighted by molar-refractivity contribution is 0.782. The van der Waals surface area contributed by atoms with Crippen molar-refractivity contribution in [2.75, 3.05) is 5.73 Å². The van der Waals surface area contributed by atoms with E-state index >= 15 is 0 Å². The van der Waals surface area contributed by atoms with Crippen LogP contribution < -0.4 is 5.73 Å². The van der Waals surface area contributed by atoms with Crippen molar-refractivity contribution in [2.45, 2.75) is 6.92 Å². The second-order valence-corrected chi connectivity index (χ2v) is 4.44. The van der Waals surface area contributed by atoms with Crippen LogP contribution in [0, 0.1) is 6.92 Å². The summed E-state index contributed by atoms with van der Waals surface area (Å²) in [4.78, 5) is 4.48. The van der Waals surface area contributed by atoms with Gasteiger partial charge in [-0.05, 0) is 25.1 Å². The van der Waals surface area contributed by atoms with Gasteiger partial charge in [0.15, 0.2) is 0 Å². The maximum atomic E-state index is 5.80. The number of nitrogens with zero attached hydrogens (tertiary/aromatic N) is 3. The van der Waals surface area contributed by atoms with Crippen LogP contribution in [0.2, 0.25) is 0 Å². The second kappa shape index (κ2) is 3.84. The average molecular weight is 238 g/mol. The summed E-state index contributed by atoms with van der Waals surface area (Å²) in [6.45, 7) is 1.99. The number of aromatic nitrogens is 3. The summed E-state index contributed by atoms with van der Waals surface area (Å²) in [5.74, 6) is 0.659. The van der Waals surface area contributed by atoms with E-state index < -0.39 is 0 Å². The molecular weight excluding hydrogens is 224 g/mol. The normalized spacial score (nSPS) is 11.0. The summed E-state index contributed by atoms with van der Waals surface area (Å²) in [7, 11) is 1.84. The minimum absolute atomic E-state index is 0.659. The molecule has 0 amide bonds. The number of rotatable bonds is 1. The molecule has 3 rings (SSSR count). The number of aryl methyl sites for hydroxylation is 2. The Hall–Kier alpha value is -2.36. The van der Waals surface area contributed by atoms with Gasteiger partial charge in [-0.2, -0.15) is 5.10 Å². The van der Waals surface area contributed by atoms with Crippen LogP contribution in [0.1, 0.15) is 5.69 Å². The number of hydrogen-bond acceptors (Lipinski definition) is 3. The molecule has 0 unspecified atom stereocenters. The summed E-state index contributed by atoms with van der Waals surface area (Å²) < 4.78 is 1.67. The van der Waals surface area contributed by atoms with Crippen molar-refractivity contribution in [1.82, 2.24) is 14.8 Å². The Balaban J connectivity index is 2.16. The molecule has 0 atom stereocenters. The molecule has 0 saturated heterocycles. The van der Waals surface area contributed by atoms with Crippen molar-refractivity contribution < 1.29 is 0 Å². The van der Waals surface area contributed by atoms with E-state index in [9.17, 15) is 0 Å². The van der Waals surface area contributed by atoms with Gasteiger partial charge in [-0.1, -0.05) is 12.1 Å².